The molecule has 37 heavy (non-hydrogen) atoms. The highest BCUT2D eigenvalue weighted by Gasteiger charge is 2.47. The predicted molar refractivity (Wildman–Crippen MR) is 150 cm³/mol. The molecule has 0 saturated carbocycles. The fourth-order valence-corrected chi connectivity index (χ4v) is 4.88. The minimum absolute atomic E-state index is 0.0251. The number of hydrogen-bond acceptors (Lipinski definition) is 6. The Bertz CT molecular complexity index is 1000. The molecule has 1 unspecified atom stereocenters. The molecule has 0 fully saturated rings. The maximum absolute atomic E-state index is 13.8. The Morgan fingerprint density at radius 1 is 0.892 bits per heavy atom. The van der Waals surface area contributed by atoms with Crippen LogP contribution in [0.1, 0.15) is 66.0 Å². The van der Waals surface area contributed by atoms with Gasteiger partial charge in [0.25, 0.3) is 0 Å². The Hall–Kier alpha value is -2.48. The van der Waals surface area contributed by atoms with Gasteiger partial charge in [-0.1, -0.05) is 88.4 Å². The summed E-state index contributed by atoms with van der Waals surface area (Å²) >= 11 is 0. The van der Waals surface area contributed by atoms with Crippen LogP contribution >= 0.6 is 0 Å². The van der Waals surface area contributed by atoms with E-state index in [4.69, 9.17) is 19.9 Å². The maximum Gasteiger partial charge on any atom is 0.360 e. The molecule has 2 N–H and O–H groups in total. The first-order valence-electron chi connectivity index (χ1n) is 13.0. The van der Waals surface area contributed by atoms with Gasteiger partial charge in [-0.2, -0.15) is 0 Å². The number of hydrogen-bond donors (Lipinski definition) is 1. The third kappa shape index (κ3) is 9.40. The first-order chi connectivity index (χ1) is 17.2. The van der Waals surface area contributed by atoms with Gasteiger partial charge in [-0.15, -0.1) is 0 Å². The van der Waals surface area contributed by atoms with Crippen molar-refractivity contribution in [1.82, 2.24) is 0 Å². The van der Waals surface area contributed by atoms with Crippen LogP contribution in [0.4, 0.5) is 0 Å². The molecule has 0 aliphatic heterocycles. The molecule has 0 heterocycles. The standard InChI is InChI=1S/C30H45NO5Si/c1-21(28(2,3)4)25(20-30(31,27(33)35-36-37)19-23-16-12-9-13-17-23)24(26(32)34-29(5,6)7)18-22-14-10-8-11-15-22/h8-17,21,24-25H,18-20,31H2,1-7,37H3/t21?,24-,25-,30-/m0/s1. The summed E-state index contributed by atoms with van der Waals surface area (Å²) in [5.41, 5.74) is 6.65. The molecule has 204 valence electrons. The van der Waals surface area contributed by atoms with Crippen LogP contribution in [-0.4, -0.2) is 33.6 Å². The lowest BCUT2D eigenvalue weighted by molar-refractivity contribution is -0.220. The van der Waals surface area contributed by atoms with E-state index in [1.54, 1.807) is 0 Å². The minimum atomic E-state index is -1.40. The number of rotatable bonds is 11. The first kappa shape index (κ1) is 30.7. The van der Waals surface area contributed by atoms with E-state index in [1.165, 1.54) is 0 Å². The zero-order valence-electron chi connectivity index (χ0n) is 23.7. The van der Waals surface area contributed by atoms with Crippen LogP contribution in [0, 0.1) is 23.2 Å². The highest BCUT2D eigenvalue weighted by Crippen LogP contribution is 2.42. The van der Waals surface area contributed by atoms with Crippen molar-refractivity contribution in [3.05, 3.63) is 71.8 Å². The van der Waals surface area contributed by atoms with Gasteiger partial charge in [0, 0.05) is 6.42 Å². The third-order valence-electron chi connectivity index (χ3n) is 7.06. The Labute approximate surface area is 225 Å². The lowest BCUT2D eigenvalue weighted by Crippen LogP contribution is -2.55. The maximum atomic E-state index is 13.8. The summed E-state index contributed by atoms with van der Waals surface area (Å²) in [6.07, 6.45) is 0.979. The van der Waals surface area contributed by atoms with Crippen molar-refractivity contribution < 1.29 is 23.8 Å². The smallest absolute Gasteiger partial charge is 0.360 e. The Morgan fingerprint density at radius 2 is 1.41 bits per heavy atom. The van der Waals surface area contributed by atoms with Crippen LogP contribution in [0.3, 0.4) is 0 Å². The molecule has 0 saturated heterocycles. The zero-order chi connectivity index (χ0) is 27.9. The summed E-state index contributed by atoms with van der Waals surface area (Å²) in [7, 11) is 0.231. The van der Waals surface area contributed by atoms with Gasteiger partial charge in [-0.3, -0.25) is 9.37 Å². The van der Waals surface area contributed by atoms with E-state index < -0.39 is 23.0 Å². The van der Waals surface area contributed by atoms with Crippen molar-refractivity contribution in [2.75, 3.05) is 0 Å². The highest BCUT2D eigenvalue weighted by atomic mass is 28.2. The van der Waals surface area contributed by atoms with E-state index in [1.807, 2.05) is 81.4 Å². The van der Waals surface area contributed by atoms with Crippen molar-refractivity contribution in [1.29, 1.82) is 0 Å². The summed E-state index contributed by atoms with van der Waals surface area (Å²) in [6.45, 7) is 14.2. The molecule has 2 aromatic carbocycles. The fraction of sp³-hybridized carbons (Fsp3) is 0.533. The van der Waals surface area contributed by atoms with Crippen LogP contribution in [0.5, 0.6) is 0 Å². The van der Waals surface area contributed by atoms with Crippen molar-refractivity contribution >= 4 is 22.4 Å². The molecule has 2 aromatic rings. The summed E-state index contributed by atoms with van der Waals surface area (Å²) in [5.74, 6) is -1.67. The van der Waals surface area contributed by atoms with Crippen LogP contribution < -0.4 is 5.73 Å². The van der Waals surface area contributed by atoms with Gasteiger partial charge in [-0.05, 0) is 62.0 Å². The number of carbonyl (C=O) groups excluding carboxylic acids is 2. The minimum Gasteiger partial charge on any atom is -0.460 e. The number of nitrogens with two attached hydrogens (primary N) is 1. The molecule has 0 amide bonds. The Balaban J connectivity index is 2.60. The topological polar surface area (TPSA) is 87.9 Å². The van der Waals surface area contributed by atoms with E-state index in [-0.39, 0.29) is 46.5 Å². The molecular weight excluding hydrogens is 482 g/mol. The molecule has 0 aliphatic carbocycles. The van der Waals surface area contributed by atoms with Gasteiger partial charge >= 0.3 is 11.9 Å². The second-order valence-electron chi connectivity index (χ2n) is 12.2. The van der Waals surface area contributed by atoms with Gasteiger partial charge in [0.05, 0.1) is 5.92 Å². The van der Waals surface area contributed by atoms with E-state index in [0.29, 0.717) is 6.42 Å². The average Bonchev–Trinajstić information content (AvgIpc) is 2.80. The third-order valence-corrected chi connectivity index (χ3v) is 7.23. The van der Waals surface area contributed by atoms with E-state index >= 15 is 0 Å². The number of ether oxygens (including phenoxy) is 1. The van der Waals surface area contributed by atoms with E-state index in [0.717, 1.165) is 11.1 Å². The molecule has 6 nitrogen and oxygen atoms in total. The summed E-state index contributed by atoms with van der Waals surface area (Å²) in [6, 6.07) is 19.5. The first-order valence-corrected chi connectivity index (χ1v) is 13.8. The second-order valence-corrected chi connectivity index (χ2v) is 12.5. The van der Waals surface area contributed by atoms with Crippen LogP contribution in [-0.2, 0) is 36.6 Å². The molecule has 0 spiro atoms. The van der Waals surface area contributed by atoms with Gasteiger partial charge in [0.2, 0.25) is 10.5 Å². The number of esters is 1. The molecule has 0 aliphatic rings. The van der Waals surface area contributed by atoms with Crippen LogP contribution in [0.15, 0.2) is 60.7 Å². The lowest BCUT2D eigenvalue weighted by atomic mass is 9.64. The molecule has 7 heteroatoms. The van der Waals surface area contributed by atoms with Crippen molar-refractivity contribution in [2.24, 2.45) is 28.9 Å². The zero-order valence-corrected chi connectivity index (χ0v) is 25.7. The van der Waals surface area contributed by atoms with Crippen LogP contribution in [0.2, 0.25) is 0 Å². The van der Waals surface area contributed by atoms with E-state index in [9.17, 15) is 9.59 Å². The normalized spacial score (nSPS) is 16.3. The van der Waals surface area contributed by atoms with E-state index in [2.05, 4.69) is 27.7 Å². The van der Waals surface area contributed by atoms with Crippen molar-refractivity contribution in [2.45, 2.75) is 78.9 Å². The lowest BCUT2D eigenvalue weighted by Gasteiger charge is -2.42. The quantitative estimate of drug-likeness (QED) is 0.199. The SMILES string of the molecule is CC([C@H](C[C@@](N)(Cc1ccccc1)C(=O)OO[SiH3])[C@H](Cc1ccccc1)C(=O)OC(C)(C)C)C(C)(C)C. The van der Waals surface area contributed by atoms with Gasteiger partial charge in [-0.25, -0.2) is 4.79 Å². The van der Waals surface area contributed by atoms with Gasteiger partial charge in [0.15, 0.2) is 0 Å². The van der Waals surface area contributed by atoms with Crippen LogP contribution in [0.25, 0.3) is 0 Å². The van der Waals surface area contributed by atoms with Gasteiger partial charge in [0.1, 0.15) is 11.1 Å². The molecule has 0 bridgehead atoms. The highest BCUT2D eigenvalue weighted by molar-refractivity contribution is 5.98. The number of benzene rings is 2. The summed E-state index contributed by atoms with van der Waals surface area (Å²) in [4.78, 5) is 32.1. The Morgan fingerprint density at radius 3 is 1.86 bits per heavy atom. The second kappa shape index (κ2) is 12.8. The molecule has 0 aromatic heterocycles. The molecule has 4 atom stereocenters. The van der Waals surface area contributed by atoms with Crippen molar-refractivity contribution in [3.63, 3.8) is 0 Å². The summed E-state index contributed by atoms with van der Waals surface area (Å²) in [5, 5.41) is 0. The largest absolute Gasteiger partial charge is 0.460 e. The fourth-order valence-electron chi connectivity index (χ4n) is 4.73. The van der Waals surface area contributed by atoms with Gasteiger partial charge < -0.3 is 15.4 Å². The average molecular weight is 528 g/mol. The monoisotopic (exact) mass is 527 g/mol. The summed E-state index contributed by atoms with van der Waals surface area (Å²) < 4.78 is 10.8. The predicted octanol–water partition coefficient (Wildman–Crippen LogP) is 4.57. The molecule has 0 radical (unpaired) electrons. The number of carbonyl (C=O) groups is 2. The van der Waals surface area contributed by atoms with Crippen molar-refractivity contribution in [3.8, 4) is 0 Å². The molecular formula is C30H45NO5Si. The Kier molecular flexibility index (Phi) is 10.7. The molecule has 2 rings (SSSR count).